The van der Waals surface area contributed by atoms with Crippen molar-refractivity contribution in [2.45, 2.75) is 19.8 Å². The maximum absolute atomic E-state index is 11.5. The summed E-state index contributed by atoms with van der Waals surface area (Å²) in [4.78, 5) is 20.3. The number of hydrogen-bond acceptors (Lipinski definition) is 4. The van der Waals surface area contributed by atoms with Gasteiger partial charge >= 0.3 is 5.97 Å². The molecule has 6 heteroatoms. The lowest BCUT2D eigenvalue weighted by Crippen LogP contribution is -2.03. The molecule has 130 valence electrons. The lowest BCUT2D eigenvalue weighted by atomic mass is 10.0. The Morgan fingerprint density at radius 2 is 2.08 bits per heavy atom. The molecule has 1 aromatic carbocycles. The molecule has 0 aliphatic heterocycles. The van der Waals surface area contributed by atoms with Crippen LogP contribution in [0.15, 0.2) is 55.0 Å². The van der Waals surface area contributed by atoms with Crippen molar-refractivity contribution in [3.8, 4) is 0 Å². The van der Waals surface area contributed by atoms with Crippen LogP contribution in [-0.2, 0) is 0 Å². The predicted molar refractivity (Wildman–Crippen MR) is 101 cm³/mol. The third-order valence-electron chi connectivity index (χ3n) is 4.44. The summed E-state index contributed by atoms with van der Waals surface area (Å²) in [7, 11) is 0. The van der Waals surface area contributed by atoms with Crippen molar-refractivity contribution in [2.75, 3.05) is 5.32 Å². The smallest absolute Gasteiger partial charge is 0.339 e. The van der Waals surface area contributed by atoms with Crippen LogP contribution in [0.5, 0.6) is 0 Å². The Kier molecular flexibility index (Phi) is 3.80. The molecule has 0 radical (unpaired) electrons. The van der Waals surface area contributed by atoms with Crippen LogP contribution in [0.1, 0.15) is 35.7 Å². The summed E-state index contributed by atoms with van der Waals surface area (Å²) >= 11 is 0. The minimum absolute atomic E-state index is 0.162. The third-order valence-corrected chi connectivity index (χ3v) is 4.44. The number of fused-ring (bicyclic) bond motifs is 3. The Labute approximate surface area is 150 Å². The van der Waals surface area contributed by atoms with Crippen molar-refractivity contribution in [1.82, 2.24) is 14.4 Å². The van der Waals surface area contributed by atoms with E-state index in [9.17, 15) is 9.90 Å². The Hall–Kier alpha value is -3.41. The lowest BCUT2D eigenvalue weighted by molar-refractivity contribution is 0.0699. The number of carboxylic acid groups (broad SMARTS) is 1. The standard InChI is InChI=1S/C20H18N4O2/c1-12(2)13-4-3-5-14(10-13)22-18-15-6-8-21-11-17(15)24-9-7-16(20(25)26)19(24)23-18/h3-12H,1-2H3,(H,22,23)(H,25,26). The van der Waals surface area contributed by atoms with Gasteiger partial charge in [-0.2, -0.15) is 0 Å². The number of hydrogen-bond donors (Lipinski definition) is 2. The Morgan fingerprint density at radius 3 is 2.85 bits per heavy atom. The molecule has 0 aliphatic carbocycles. The Balaban J connectivity index is 1.91. The molecule has 4 rings (SSSR count). The second-order valence-electron chi connectivity index (χ2n) is 6.49. The Bertz CT molecular complexity index is 1130. The number of aromatic nitrogens is 3. The van der Waals surface area contributed by atoms with Gasteiger partial charge in [-0.25, -0.2) is 9.78 Å². The van der Waals surface area contributed by atoms with Gasteiger partial charge in [0.05, 0.1) is 11.7 Å². The van der Waals surface area contributed by atoms with Gasteiger partial charge < -0.3 is 10.4 Å². The molecular formula is C20H18N4O2. The van der Waals surface area contributed by atoms with E-state index in [1.165, 1.54) is 5.56 Å². The lowest BCUT2D eigenvalue weighted by Gasteiger charge is -2.13. The topological polar surface area (TPSA) is 79.5 Å². The predicted octanol–water partition coefficient (Wildman–Crippen LogP) is 4.45. The molecule has 0 saturated heterocycles. The normalized spacial score (nSPS) is 11.3. The third kappa shape index (κ3) is 2.65. The van der Waals surface area contributed by atoms with E-state index in [2.05, 4.69) is 41.3 Å². The van der Waals surface area contributed by atoms with E-state index in [1.54, 1.807) is 29.1 Å². The average Bonchev–Trinajstić information content (AvgIpc) is 3.06. The van der Waals surface area contributed by atoms with Gasteiger partial charge in [0.15, 0.2) is 5.65 Å². The largest absolute Gasteiger partial charge is 0.478 e. The second-order valence-corrected chi connectivity index (χ2v) is 6.49. The summed E-state index contributed by atoms with van der Waals surface area (Å²) < 4.78 is 1.75. The molecular weight excluding hydrogens is 328 g/mol. The van der Waals surface area contributed by atoms with E-state index in [0.717, 1.165) is 16.6 Å². The highest BCUT2D eigenvalue weighted by Crippen LogP contribution is 2.28. The van der Waals surface area contributed by atoms with Gasteiger partial charge in [0.1, 0.15) is 11.4 Å². The van der Waals surface area contributed by atoms with E-state index in [0.29, 0.717) is 17.4 Å². The molecule has 0 saturated carbocycles. The molecule has 0 unspecified atom stereocenters. The molecule has 4 aromatic rings. The van der Waals surface area contributed by atoms with Crippen molar-refractivity contribution >= 4 is 34.0 Å². The van der Waals surface area contributed by atoms with Crippen molar-refractivity contribution in [2.24, 2.45) is 0 Å². The number of aromatic carboxylic acids is 1. The summed E-state index contributed by atoms with van der Waals surface area (Å²) in [6.07, 6.45) is 5.12. The van der Waals surface area contributed by atoms with E-state index < -0.39 is 5.97 Å². The van der Waals surface area contributed by atoms with Gasteiger partial charge in [-0.15, -0.1) is 0 Å². The van der Waals surface area contributed by atoms with Crippen molar-refractivity contribution < 1.29 is 9.90 Å². The molecule has 0 aliphatic rings. The maximum Gasteiger partial charge on any atom is 0.339 e. The fourth-order valence-electron chi connectivity index (χ4n) is 3.05. The average molecular weight is 346 g/mol. The van der Waals surface area contributed by atoms with Crippen LogP contribution in [0.25, 0.3) is 16.6 Å². The van der Waals surface area contributed by atoms with Crippen molar-refractivity contribution in [1.29, 1.82) is 0 Å². The number of anilines is 2. The first-order chi connectivity index (χ1) is 12.5. The molecule has 26 heavy (non-hydrogen) atoms. The molecule has 0 bridgehead atoms. The zero-order valence-corrected chi connectivity index (χ0v) is 14.5. The molecule has 3 aromatic heterocycles. The van der Waals surface area contributed by atoms with E-state index >= 15 is 0 Å². The number of carbonyl (C=O) groups is 1. The number of carboxylic acids is 1. The summed E-state index contributed by atoms with van der Waals surface area (Å²) in [6.45, 7) is 4.29. The minimum Gasteiger partial charge on any atom is -0.478 e. The Morgan fingerprint density at radius 1 is 1.23 bits per heavy atom. The molecule has 0 spiro atoms. The fraction of sp³-hybridized carbons (Fsp3) is 0.150. The van der Waals surface area contributed by atoms with Crippen LogP contribution in [0.4, 0.5) is 11.5 Å². The number of pyridine rings is 1. The summed E-state index contributed by atoms with van der Waals surface area (Å²) in [6, 6.07) is 11.6. The molecule has 0 amide bonds. The van der Waals surface area contributed by atoms with E-state index in [4.69, 9.17) is 0 Å². The van der Waals surface area contributed by atoms with Gasteiger partial charge in [-0.1, -0.05) is 26.0 Å². The summed E-state index contributed by atoms with van der Waals surface area (Å²) in [5.74, 6) is 0.0189. The van der Waals surface area contributed by atoms with Gasteiger partial charge in [0.2, 0.25) is 0 Å². The van der Waals surface area contributed by atoms with E-state index in [1.807, 2.05) is 18.2 Å². The SMILES string of the molecule is CC(C)c1cccc(Nc2nc3c(C(=O)O)ccn3c3cnccc23)c1. The quantitative estimate of drug-likeness (QED) is 0.571. The van der Waals surface area contributed by atoms with Gasteiger partial charge in [0, 0.05) is 23.5 Å². The number of nitrogens with one attached hydrogen (secondary N) is 1. The van der Waals surface area contributed by atoms with Crippen LogP contribution in [0.3, 0.4) is 0 Å². The monoisotopic (exact) mass is 346 g/mol. The highest BCUT2D eigenvalue weighted by atomic mass is 16.4. The van der Waals surface area contributed by atoms with E-state index in [-0.39, 0.29) is 5.56 Å². The fourth-order valence-corrected chi connectivity index (χ4v) is 3.05. The zero-order chi connectivity index (χ0) is 18.3. The summed E-state index contributed by atoms with van der Waals surface area (Å²) in [5.41, 5.74) is 3.48. The molecule has 2 N–H and O–H groups in total. The van der Waals surface area contributed by atoms with Gasteiger partial charge in [-0.05, 0) is 35.7 Å². The van der Waals surface area contributed by atoms with Crippen LogP contribution in [-0.4, -0.2) is 25.4 Å². The highest BCUT2D eigenvalue weighted by molar-refractivity contribution is 5.99. The number of benzene rings is 1. The minimum atomic E-state index is -1.00. The molecule has 6 nitrogen and oxygen atoms in total. The molecule has 0 atom stereocenters. The van der Waals surface area contributed by atoms with Crippen LogP contribution < -0.4 is 5.32 Å². The number of rotatable bonds is 4. The number of nitrogens with zero attached hydrogens (tertiary/aromatic N) is 3. The maximum atomic E-state index is 11.5. The highest BCUT2D eigenvalue weighted by Gasteiger charge is 2.16. The van der Waals surface area contributed by atoms with Gasteiger partial charge in [-0.3, -0.25) is 9.38 Å². The van der Waals surface area contributed by atoms with Crippen molar-refractivity contribution in [3.63, 3.8) is 0 Å². The molecule has 0 fully saturated rings. The van der Waals surface area contributed by atoms with Gasteiger partial charge in [0.25, 0.3) is 0 Å². The van der Waals surface area contributed by atoms with Crippen LogP contribution >= 0.6 is 0 Å². The summed E-state index contributed by atoms with van der Waals surface area (Å²) in [5, 5.41) is 13.6. The zero-order valence-electron chi connectivity index (χ0n) is 14.5. The van der Waals surface area contributed by atoms with Crippen LogP contribution in [0.2, 0.25) is 0 Å². The van der Waals surface area contributed by atoms with Crippen LogP contribution in [0, 0.1) is 0 Å². The first-order valence-electron chi connectivity index (χ1n) is 8.39. The molecule has 3 heterocycles. The second kappa shape index (κ2) is 6.15. The first-order valence-corrected chi connectivity index (χ1v) is 8.39. The van der Waals surface area contributed by atoms with Crippen molar-refractivity contribution in [3.05, 3.63) is 66.1 Å². The first kappa shape index (κ1) is 16.1.